The van der Waals surface area contributed by atoms with Crippen LogP contribution >= 0.6 is 0 Å². The van der Waals surface area contributed by atoms with E-state index >= 15 is 0 Å². The summed E-state index contributed by atoms with van der Waals surface area (Å²) < 4.78 is 24.3. The van der Waals surface area contributed by atoms with Gasteiger partial charge in [0.05, 0.1) is 7.11 Å². The van der Waals surface area contributed by atoms with Gasteiger partial charge in [0.1, 0.15) is 29.5 Å². The minimum atomic E-state index is -0.937. The highest BCUT2D eigenvalue weighted by molar-refractivity contribution is 5.41. The van der Waals surface area contributed by atoms with E-state index in [1.807, 2.05) is 24.3 Å². The van der Waals surface area contributed by atoms with Crippen molar-refractivity contribution < 1.29 is 19.0 Å². The lowest BCUT2D eigenvalue weighted by Crippen LogP contribution is -2.23. The van der Waals surface area contributed by atoms with Gasteiger partial charge in [0.25, 0.3) is 0 Å². The van der Waals surface area contributed by atoms with Crippen LogP contribution in [-0.4, -0.2) is 18.3 Å². The van der Waals surface area contributed by atoms with E-state index in [4.69, 9.17) is 9.47 Å². The van der Waals surface area contributed by atoms with Crippen LogP contribution in [0.4, 0.5) is 4.39 Å². The van der Waals surface area contributed by atoms with Gasteiger partial charge in [-0.05, 0) is 29.8 Å². The molecule has 0 radical (unpaired) electrons. The molecule has 0 aromatic heterocycles. The van der Waals surface area contributed by atoms with Gasteiger partial charge in [-0.25, -0.2) is 4.39 Å². The van der Waals surface area contributed by atoms with E-state index in [0.717, 1.165) is 11.3 Å². The number of aliphatic hydroxyl groups excluding tert-OH is 1. The number of methoxy groups -OCH3 is 1. The van der Waals surface area contributed by atoms with E-state index in [1.54, 1.807) is 0 Å². The number of hydrogen-bond acceptors (Lipinski definition) is 3. The average molecular weight is 274 g/mol. The topological polar surface area (TPSA) is 38.7 Å². The Morgan fingerprint density at radius 2 is 2.10 bits per heavy atom. The highest BCUT2D eigenvalue weighted by Crippen LogP contribution is 2.36. The van der Waals surface area contributed by atoms with Crippen molar-refractivity contribution >= 4 is 0 Å². The van der Waals surface area contributed by atoms with Crippen LogP contribution in [0.5, 0.6) is 11.5 Å². The molecule has 3 rings (SSSR count). The zero-order valence-electron chi connectivity index (χ0n) is 11.0. The van der Waals surface area contributed by atoms with Crippen molar-refractivity contribution in [1.82, 2.24) is 0 Å². The van der Waals surface area contributed by atoms with Crippen LogP contribution < -0.4 is 9.47 Å². The first-order valence-corrected chi connectivity index (χ1v) is 6.45. The summed E-state index contributed by atoms with van der Waals surface area (Å²) in [6, 6.07) is 11.7. The maximum absolute atomic E-state index is 13.4. The maximum atomic E-state index is 13.4. The first-order valence-electron chi connectivity index (χ1n) is 6.45. The molecule has 1 aliphatic heterocycles. The normalized spacial score (nSPS) is 18.2. The number of ether oxygens (including phenoxy) is 2. The Balaban J connectivity index is 1.88. The van der Waals surface area contributed by atoms with Crippen LogP contribution in [0.15, 0.2) is 42.5 Å². The fourth-order valence-electron chi connectivity index (χ4n) is 2.52. The van der Waals surface area contributed by atoms with E-state index < -0.39 is 18.0 Å². The van der Waals surface area contributed by atoms with Crippen molar-refractivity contribution in [3.8, 4) is 11.5 Å². The molecule has 2 aromatic carbocycles. The van der Waals surface area contributed by atoms with Crippen LogP contribution in [0.1, 0.15) is 17.2 Å². The number of benzene rings is 2. The summed E-state index contributed by atoms with van der Waals surface area (Å²) in [5.74, 6) is 0.820. The van der Waals surface area contributed by atoms with Gasteiger partial charge in [-0.15, -0.1) is 0 Å². The van der Waals surface area contributed by atoms with E-state index in [9.17, 15) is 9.50 Å². The van der Waals surface area contributed by atoms with Crippen LogP contribution in [0.25, 0.3) is 0 Å². The molecule has 2 unspecified atom stereocenters. The number of fused-ring (bicyclic) bond motifs is 1. The monoisotopic (exact) mass is 274 g/mol. The Morgan fingerprint density at radius 3 is 2.85 bits per heavy atom. The lowest BCUT2D eigenvalue weighted by Gasteiger charge is -2.20. The Hall–Kier alpha value is -2.07. The number of rotatable bonds is 3. The first kappa shape index (κ1) is 12.9. The van der Waals surface area contributed by atoms with Gasteiger partial charge in [0, 0.05) is 12.0 Å². The van der Waals surface area contributed by atoms with Crippen molar-refractivity contribution in [2.24, 2.45) is 0 Å². The summed E-state index contributed by atoms with van der Waals surface area (Å²) in [6.45, 7) is 0. The molecule has 2 atom stereocenters. The van der Waals surface area contributed by atoms with Crippen molar-refractivity contribution in [1.29, 1.82) is 0 Å². The molecule has 0 saturated heterocycles. The third-order valence-corrected chi connectivity index (χ3v) is 3.53. The van der Waals surface area contributed by atoms with Gasteiger partial charge < -0.3 is 14.6 Å². The summed E-state index contributed by atoms with van der Waals surface area (Å²) in [6.07, 6.45) is -0.770. The molecule has 0 saturated carbocycles. The van der Waals surface area contributed by atoms with E-state index in [1.165, 1.54) is 25.3 Å². The number of para-hydroxylation sites is 1. The number of hydrogen-bond donors (Lipinski definition) is 1. The minimum absolute atomic E-state index is 0.407. The molecule has 1 aliphatic rings. The molecule has 3 nitrogen and oxygen atoms in total. The second-order valence-corrected chi connectivity index (χ2v) is 4.80. The summed E-state index contributed by atoms with van der Waals surface area (Å²) in [5.41, 5.74) is 1.46. The maximum Gasteiger partial charge on any atom is 0.133 e. The third-order valence-electron chi connectivity index (χ3n) is 3.53. The lowest BCUT2D eigenvalue weighted by atomic mass is 9.99. The van der Waals surface area contributed by atoms with E-state index in [0.29, 0.717) is 17.7 Å². The summed E-state index contributed by atoms with van der Waals surface area (Å²) in [5, 5.41) is 10.5. The van der Waals surface area contributed by atoms with Crippen molar-refractivity contribution in [3.05, 3.63) is 59.4 Å². The average Bonchev–Trinajstić information content (AvgIpc) is 2.90. The highest BCUT2D eigenvalue weighted by atomic mass is 19.1. The van der Waals surface area contributed by atoms with E-state index in [-0.39, 0.29) is 0 Å². The molecular formula is C16H15FO3. The Morgan fingerprint density at radius 1 is 1.30 bits per heavy atom. The van der Waals surface area contributed by atoms with Gasteiger partial charge in [-0.2, -0.15) is 0 Å². The van der Waals surface area contributed by atoms with Crippen molar-refractivity contribution in [2.45, 2.75) is 18.6 Å². The van der Waals surface area contributed by atoms with Crippen LogP contribution in [0.2, 0.25) is 0 Å². The molecule has 1 heterocycles. The van der Waals surface area contributed by atoms with Gasteiger partial charge in [0.15, 0.2) is 0 Å². The smallest absolute Gasteiger partial charge is 0.133 e. The third kappa shape index (κ3) is 2.23. The van der Waals surface area contributed by atoms with Gasteiger partial charge in [-0.3, -0.25) is 0 Å². The lowest BCUT2D eigenvalue weighted by molar-refractivity contribution is 0.0473. The first-order chi connectivity index (χ1) is 9.69. The zero-order chi connectivity index (χ0) is 14.1. The summed E-state index contributed by atoms with van der Waals surface area (Å²) in [7, 11) is 1.49. The quantitative estimate of drug-likeness (QED) is 0.935. The molecule has 0 bridgehead atoms. The van der Waals surface area contributed by atoms with Crippen LogP contribution in [0.3, 0.4) is 0 Å². The molecule has 1 N–H and O–H groups in total. The van der Waals surface area contributed by atoms with Gasteiger partial charge >= 0.3 is 0 Å². The SMILES string of the molecule is COc1ccc(F)cc1C(O)C1Cc2ccccc2O1. The molecule has 0 amide bonds. The van der Waals surface area contributed by atoms with Crippen molar-refractivity contribution in [2.75, 3.05) is 7.11 Å². The molecular weight excluding hydrogens is 259 g/mol. The van der Waals surface area contributed by atoms with E-state index in [2.05, 4.69) is 0 Å². The second-order valence-electron chi connectivity index (χ2n) is 4.80. The summed E-state index contributed by atoms with van der Waals surface area (Å²) >= 11 is 0. The molecule has 104 valence electrons. The van der Waals surface area contributed by atoms with Crippen molar-refractivity contribution in [3.63, 3.8) is 0 Å². The Bertz CT molecular complexity index is 602. The molecule has 0 fully saturated rings. The zero-order valence-corrected chi connectivity index (χ0v) is 11.0. The molecule has 2 aromatic rings. The van der Waals surface area contributed by atoms with Gasteiger partial charge in [0.2, 0.25) is 0 Å². The standard InChI is InChI=1S/C16H15FO3/c1-19-14-7-6-11(17)9-12(14)16(18)15-8-10-4-2-3-5-13(10)20-15/h2-7,9,15-16,18H,8H2,1H3. The largest absolute Gasteiger partial charge is 0.496 e. The highest BCUT2D eigenvalue weighted by Gasteiger charge is 2.31. The summed E-state index contributed by atoms with van der Waals surface area (Å²) in [4.78, 5) is 0. The number of halogens is 1. The predicted octanol–water partition coefficient (Wildman–Crippen LogP) is 2.87. The van der Waals surface area contributed by atoms with Gasteiger partial charge in [-0.1, -0.05) is 18.2 Å². The van der Waals surface area contributed by atoms with Crippen LogP contribution in [0, 0.1) is 5.82 Å². The number of aliphatic hydroxyl groups is 1. The predicted molar refractivity (Wildman–Crippen MR) is 72.5 cm³/mol. The molecule has 0 aliphatic carbocycles. The minimum Gasteiger partial charge on any atom is -0.496 e. The molecule has 20 heavy (non-hydrogen) atoms. The molecule has 4 heteroatoms. The molecule has 0 spiro atoms. The Labute approximate surface area is 116 Å². The Kier molecular flexibility index (Phi) is 3.32. The van der Waals surface area contributed by atoms with Crippen LogP contribution in [-0.2, 0) is 6.42 Å². The fourth-order valence-corrected chi connectivity index (χ4v) is 2.52. The fraction of sp³-hybridized carbons (Fsp3) is 0.250. The second kappa shape index (κ2) is 5.13.